The van der Waals surface area contributed by atoms with E-state index in [9.17, 15) is 10.1 Å². The normalized spacial score (nSPS) is 10.3. The van der Waals surface area contributed by atoms with Crippen molar-refractivity contribution in [1.82, 2.24) is 25.0 Å². The molecule has 2 rings (SSSR count). The second-order valence-corrected chi connectivity index (χ2v) is 2.96. The summed E-state index contributed by atoms with van der Waals surface area (Å²) < 4.78 is 1.37. The molecule has 0 amide bonds. The Morgan fingerprint density at radius 1 is 1.50 bits per heavy atom. The van der Waals surface area contributed by atoms with Crippen molar-refractivity contribution in [2.75, 3.05) is 5.73 Å². The SMILES string of the molecule is Cn1nncc1-c1nc(N)ncc1[N+](=O)[O-]. The highest BCUT2D eigenvalue weighted by Gasteiger charge is 2.20. The maximum absolute atomic E-state index is 10.8. The predicted octanol–water partition coefficient (Wildman–Crippen LogP) is -0.237. The number of rotatable bonds is 2. The van der Waals surface area contributed by atoms with Crippen LogP contribution in [-0.2, 0) is 7.05 Å². The lowest BCUT2D eigenvalue weighted by Gasteiger charge is -2.01. The van der Waals surface area contributed by atoms with E-state index in [0.717, 1.165) is 6.20 Å². The minimum Gasteiger partial charge on any atom is -0.368 e. The third-order valence-electron chi connectivity index (χ3n) is 1.94. The summed E-state index contributed by atoms with van der Waals surface area (Å²) in [4.78, 5) is 17.6. The molecule has 0 bridgehead atoms. The molecule has 0 fully saturated rings. The van der Waals surface area contributed by atoms with Crippen molar-refractivity contribution < 1.29 is 4.92 Å². The predicted molar refractivity (Wildman–Crippen MR) is 53.1 cm³/mol. The molecule has 0 atom stereocenters. The van der Waals surface area contributed by atoms with Crippen molar-refractivity contribution in [2.45, 2.75) is 0 Å². The second-order valence-electron chi connectivity index (χ2n) is 2.96. The van der Waals surface area contributed by atoms with Crippen molar-refractivity contribution in [3.63, 3.8) is 0 Å². The van der Waals surface area contributed by atoms with Gasteiger partial charge in [-0.15, -0.1) is 5.10 Å². The molecule has 0 aliphatic rings. The van der Waals surface area contributed by atoms with Gasteiger partial charge in [0.1, 0.15) is 11.9 Å². The van der Waals surface area contributed by atoms with Gasteiger partial charge in [0.05, 0.1) is 11.1 Å². The largest absolute Gasteiger partial charge is 0.368 e. The van der Waals surface area contributed by atoms with Gasteiger partial charge in [-0.05, 0) is 0 Å². The zero-order chi connectivity index (χ0) is 11.7. The number of nitrogens with zero attached hydrogens (tertiary/aromatic N) is 6. The summed E-state index contributed by atoms with van der Waals surface area (Å²) >= 11 is 0. The molecular formula is C7H7N7O2. The molecule has 0 saturated carbocycles. The first-order valence-electron chi connectivity index (χ1n) is 4.21. The fraction of sp³-hybridized carbons (Fsp3) is 0.143. The molecular weight excluding hydrogens is 214 g/mol. The summed E-state index contributed by atoms with van der Waals surface area (Å²) in [5, 5.41) is 18.1. The quantitative estimate of drug-likeness (QED) is 0.547. The molecule has 16 heavy (non-hydrogen) atoms. The summed E-state index contributed by atoms with van der Waals surface area (Å²) in [6.45, 7) is 0. The Morgan fingerprint density at radius 3 is 2.81 bits per heavy atom. The van der Waals surface area contributed by atoms with Crippen molar-refractivity contribution in [3.05, 3.63) is 22.5 Å². The summed E-state index contributed by atoms with van der Waals surface area (Å²) in [6, 6.07) is 0. The third kappa shape index (κ3) is 1.54. The van der Waals surface area contributed by atoms with Gasteiger partial charge in [-0.25, -0.2) is 14.6 Å². The van der Waals surface area contributed by atoms with E-state index in [0.29, 0.717) is 5.69 Å². The summed E-state index contributed by atoms with van der Waals surface area (Å²) in [6.07, 6.45) is 2.43. The molecule has 2 N–H and O–H groups in total. The lowest BCUT2D eigenvalue weighted by atomic mass is 10.3. The number of aryl methyl sites for hydroxylation is 1. The number of anilines is 1. The van der Waals surface area contributed by atoms with Crippen molar-refractivity contribution in [1.29, 1.82) is 0 Å². The molecule has 0 radical (unpaired) electrons. The zero-order valence-electron chi connectivity index (χ0n) is 8.23. The van der Waals surface area contributed by atoms with Crippen molar-refractivity contribution in [2.24, 2.45) is 7.05 Å². The van der Waals surface area contributed by atoms with E-state index in [1.54, 1.807) is 7.05 Å². The number of nitro groups is 1. The minimum atomic E-state index is -0.582. The zero-order valence-corrected chi connectivity index (χ0v) is 8.23. The third-order valence-corrected chi connectivity index (χ3v) is 1.94. The topological polar surface area (TPSA) is 126 Å². The number of aromatic nitrogens is 5. The highest BCUT2D eigenvalue weighted by atomic mass is 16.6. The van der Waals surface area contributed by atoms with E-state index in [1.807, 2.05) is 0 Å². The summed E-state index contributed by atoms with van der Waals surface area (Å²) in [5.74, 6) is -0.0400. The van der Waals surface area contributed by atoms with E-state index in [-0.39, 0.29) is 17.3 Å². The van der Waals surface area contributed by atoms with Gasteiger partial charge >= 0.3 is 5.69 Å². The molecule has 9 heteroatoms. The average molecular weight is 221 g/mol. The van der Waals surface area contributed by atoms with Gasteiger partial charge in [0.25, 0.3) is 0 Å². The van der Waals surface area contributed by atoms with Gasteiger partial charge in [0.2, 0.25) is 5.95 Å². The second kappa shape index (κ2) is 3.53. The average Bonchev–Trinajstić information content (AvgIpc) is 2.63. The first-order chi connectivity index (χ1) is 7.59. The molecule has 82 valence electrons. The molecule has 2 aromatic heterocycles. The molecule has 0 aromatic carbocycles. The Kier molecular flexibility index (Phi) is 2.20. The van der Waals surface area contributed by atoms with Gasteiger partial charge in [-0.1, -0.05) is 5.21 Å². The fourth-order valence-electron chi connectivity index (χ4n) is 1.22. The molecule has 0 saturated heterocycles. The van der Waals surface area contributed by atoms with Gasteiger partial charge < -0.3 is 5.73 Å². The maximum atomic E-state index is 10.8. The Hall–Kier alpha value is -2.58. The highest BCUT2D eigenvalue weighted by Crippen LogP contribution is 2.25. The molecule has 9 nitrogen and oxygen atoms in total. The Morgan fingerprint density at radius 2 is 2.25 bits per heavy atom. The smallest absolute Gasteiger partial charge is 0.315 e. The lowest BCUT2D eigenvalue weighted by Crippen LogP contribution is -2.03. The van der Waals surface area contributed by atoms with E-state index in [1.165, 1.54) is 10.9 Å². The molecule has 2 heterocycles. The van der Waals surface area contributed by atoms with Gasteiger partial charge in [-0.2, -0.15) is 0 Å². The number of nitrogen functional groups attached to an aromatic ring is 1. The van der Waals surface area contributed by atoms with Crippen LogP contribution >= 0.6 is 0 Å². The van der Waals surface area contributed by atoms with Crippen molar-refractivity contribution >= 4 is 11.6 Å². The first-order valence-corrected chi connectivity index (χ1v) is 4.21. The van der Waals surface area contributed by atoms with Crippen LogP contribution in [0.25, 0.3) is 11.4 Å². The molecule has 0 aliphatic heterocycles. The van der Waals surface area contributed by atoms with Crippen LogP contribution in [0.2, 0.25) is 0 Å². The van der Waals surface area contributed by atoms with E-state index in [2.05, 4.69) is 20.3 Å². The van der Waals surface area contributed by atoms with Crippen LogP contribution in [-0.4, -0.2) is 29.9 Å². The fourth-order valence-corrected chi connectivity index (χ4v) is 1.22. The van der Waals surface area contributed by atoms with Crippen LogP contribution in [0, 0.1) is 10.1 Å². The van der Waals surface area contributed by atoms with Crippen LogP contribution in [0.4, 0.5) is 11.6 Å². The molecule has 2 aromatic rings. The lowest BCUT2D eigenvalue weighted by molar-refractivity contribution is -0.384. The molecule has 0 unspecified atom stereocenters. The Balaban J connectivity index is 2.67. The molecule has 0 aliphatic carbocycles. The van der Waals surface area contributed by atoms with Gasteiger partial charge in [0, 0.05) is 7.05 Å². The Labute approximate surface area is 89.1 Å². The van der Waals surface area contributed by atoms with Crippen LogP contribution in [0.3, 0.4) is 0 Å². The number of nitrogens with two attached hydrogens (primary N) is 1. The van der Waals surface area contributed by atoms with Crippen LogP contribution in [0.15, 0.2) is 12.4 Å². The minimum absolute atomic E-state index is 0.0400. The first kappa shape index (κ1) is 9.96. The molecule has 0 spiro atoms. The Bertz CT molecular complexity index is 549. The van der Waals surface area contributed by atoms with Crippen LogP contribution in [0.5, 0.6) is 0 Å². The highest BCUT2D eigenvalue weighted by molar-refractivity contribution is 5.65. The van der Waals surface area contributed by atoms with E-state index in [4.69, 9.17) is 5.73 Å². The van der Waals surface area contributed by atoms with Crippen LogP contribution < -0.4 is 5.73 Å². The van der Waals surface area contributed by atoms with Crippen LogP contribution in [0.1, 0.15) is 0 Å². The number of hydrogen-bond acceptors (Lipinski definition) is 7. The maximum Gasteiger partial charge on any atom is 0.315 e. The standard InChI is InChI=1S/C7H7N7O2/c1-13-4(3-10-12-13)6-5(14(15)16)2-9-7(8)11-6/h2-3H,1H3,(H2,8,9,11). The van der Waals surface area contributed by atoms with Gasteiger partial charge in [-0.3, -0.25) is 10.1 Å². The van der Waals surface area contributed by atoms with E-state index < -0.39 is 4.92 Å². The van der Waals surface area contributed by atoms with E-state index >= 15 is 0 Å². The number of hydrogen-bond donors (Lipinski definition) is 1. The van der Waals surface area contributed by atoms with Crippen molar-refractivity contribution in [3.8, 4) is 11.4 Å². The summed E-state index contributed by atoms with van der Waals surface area (Å²) in [5.41, 5.74) is 5.66. The summed E-state index contributed by atoms with van der Waals surface area (Å²) in [7, 11) is 1.60. The van der Waals surface area contributed by atoms with Gasteiger partial charge in [0.15, 0.2) is 5.69 Å². The monoisotopic (exact) mass is 221 g/mol.